The Morgan fingerprint density at radius 1 is 1.16 bits per heavy atom. The molecule has 134 valence electrons. The van der Waals surface area contributed by atoms with E-state index >= 15 is 0 Å². The second kappa shape index (κ2) is 7.59. The Bertz CT molecular complexity index is 666. The summed E-state index contributed by atoms with van der Waals surface area (Å²) >= 11 is 1.69. The van der Waals surface area contributed by atoms with Gasteiger partial charge < -0.3 is 4.90 Å². The lowest BCUT2D eigenvalue weighted by Gasteiger charge is -2.49. The number of urea groups is 1. The highest BCUT2D eigenvalue weighted by atomic mass is 32.2. The summed E-state index contributed by atoms with van der Waals surface area (Å²) in [5.74, 6) is 0.348. The molecule has 0 saturated carbocycles. The summed E-state index contributed by atoms with van der Waals surface area (Å²) in [4.78, 5) is 27.7. The van der Waals surface area contributed by atoms with Gasteiger partial charge in [-0.05, 0) is 12.5 Å². The van der Waals surface area contributed by atoms with Crippen LogP contribution in [0.15, 0.2) is 36.4 Å². The molecule has 2 fully saturated rings. The largest absolute Gasteiger partial charge is 0.327 e. The summed E-state index contributed by atoms with van der Waals surface area (Å²) in [6, 6.07) is 9.87. The third kappa shape index (κ3) is 3.73. The molecule has 0 aliphatic carbocycles. The number of thioether (sulfide) groups is 1. The first-order chi connectivity index (χ1) is 12.0. The zero-order chi connectivity index (χ0) is 18.0. The van der Waals surface area contributed by atoms with Gasteiger partial charge in [0, 0.05) is 19.8 Å². The molecule has 3 rings (SSSR count). The molecule has 0 radical (unpaired) electrons. The standard InChI is InChI=1S/C18H24N4O2S/c1-12-19-15-14(17(23)22(3)18(24)21(15)2)16(20-12)25-11-7-10-13-8-5-4-6-9-13/h4-10,12,14-16,19-20H,11H2,1-3H3/b10-7+. The highest BCUT2D eigenvalue weighted by Gasteiger charge is 2.49. The summed E-state index contributed by atoms with van der Waals surface area (Å²) in [6.45, 7) is 2.00. The fraction of sp³-hybridized carbons (Fsp3) is 0.444. The number of imide groups is 1. The monoisotopic (exact) mass is 360 g/mol. The van der Waals surface area contributed by atoms with Crippen LogP contribution in [0, 0.1) is 5.92 Å². The van der Waals surface area contributed by atoms with Crippen molar-refractivity contribution >= 4 is 29.8 Å². The minimum absolute atomic E-state index is 0.0308. The van der Waals surface area contributed by atoms with Crippen molar-refractivity contribution in [3.63, 3.8) is 0 Å². The molecule has 1 aromatic carbocycles. The van der Waals surface area contributed by atoms with Gasteiger partial charge in [-0.2, -0.15) is 0 Å². The Kier molecular flexibility index (Phi) is 5.46. The van der Waals surface area contributed by atoms with Crippen molar-refractivity contribution in [1.29, 1.82) is 0 Å². The van der Waals surface area contributed by atoms with E-state index < -0.39 is 0 Å². The van der Waals surface area contributed by atoms with Crippen LogP contribution in [0.25, 0.3) is 6.08 Å². The number of hydrogen-bond donors (Lipinski definition) is 2. The molecule has 2 aliphatic rings. The SMILES string of the molecule is CC1NC(SC/C=C/c2ccccc2)C2C(=O)N(C)C(=O)N(C)C2N1. The number of carbonyl (C=O) groups excluding carboxylic acids is 2. The first-order valence-electron chi connectivity index (χ1n) is 8.38. The van der Waals surface area contributed by atoms with E-state index in [0.29, 0.717) is 0 Å². The summed E-state index contributed by atoms with van der Waals surface area (Å²) in [5.41, 5.74) is 1.16. The van der Waals surface area contributed by atoms with E-state index in [1.165, 1.54) is 4.90 Å². The number of nitrogens with zero attached hydrogens (tertiary/aromatic N) is 2. The Labute approximate surface area is 152 Å². The van der Waals surface area contributed by atoms with Gasteiger partial charge in [-0.15, -0.1) is 11.8 Å². The number of benzene rings is 1. The van der Waals surface area contributed by atoms with E-state index in [1.807, 2.05) is 25.1 Å². The van der Waals surface area contributed by atoms with Gasteiger partial charge in [0.25, 0.3) is 0 Å². The molecular weight excluding hydrogens is 336 g/mol. The van der Waals surface area contributed by atoms with Gasteiger partial charge in [0.1, 0.15) is 0 Å². The van der Waals surface area contributed by atoms with Crippen molar-refractivity contribution < 1.29 is 9.59 Å². The van der Waals surface area contributed by atoms with E-state index in [4.69, 9.17) is 0 Å². The van der Waals surface area contributed by atoms with Crippen molar-refractivity contribution in [2.45, 2.75) is 24.6 Å². The van der Waals surface area contributed by atoms with Gasteiger partial charge in [0.05, 0.1) is 23.6 Å². The third-order valence-electron chi connectivity index (χ3n) is 4.60. The van der Waals surface area contributed by atoms with E-state index in [2.05, 4.69) is 34.9 Å². The molecule has 3 amide bonds. The molecule has 2 N–H and O–H groups in total. The number of amides is 3. The molecule has 2 saturated heterocycles. The molecule has 25 heavy (non-hydrogen) atoms. The molecule has 2 aliphatic heterocycles. The average Bonchev–Trinajstić information content (AvgIpc) is 2.62. The first kappa shape index (κ1) is 18.0. The molecule has 6 nitrogen and oxygen atoms in total. The van der Waals surface area contributed by atoms with Gasteiger partial charge in [0.15, 0.2) is 0 Å². The molecular formula is C18H24N4O2S. The van der Waals surface area contributed by atoms with Crippen LogP contribution in [-0.2, 0) is 4.79 Å². The lowest BCUT2D eigenvalue weighted by molar-refractivity contribution is -0.139. The molecule has 0 spiro atoms. The number of carbonyl (C=O) groups is 2. The Morgan fingerprint density at radius 3 is 2.60 bits per heavy atom. The summed E-state index contributed by atoms with van der Waals surface area (Å²) in [5, 5.41) is 6.69. The van der Waals surface area contributed by atoms with Crippen LogP contribution >= 0.6 is 11.8 Å². The van der Waals surface area contributed by atoms with Crippen LogP contribution in [0.4, 0.5) is 4.79 Å². The average molecular weight is 360 g/mol. The van der Waals surface area contributed by atoms with Crippen LogP contribution < -0.4 is 10.6 Å². The van der Waals surface area contributed by atoms with Crippen LogP contribution in [-0.4, -0.2) is 59.3 Å². The molecule has 1 aromatic rings. The van der Waals surface area contributed by atoms with E-state index in [-0.39, 0.29) is 35.6 Å². The van der Waals surface area contributed by atoms with Gasteiger partial charge in [-0.1, -0.05) is 42.5 Å². The minimum Gasteiger partial charge on any atom is -0.311 e. The van der Waals surface area contributed by atoms with Gasteiger partial charge in [-0.25, -0.2) is 4.79 Å². The van der Waals surface area contributed by atoms with E-state index in [0.717, 1.165) is 11.3 Å². The third-order valence-corrected chi connectivity index (χ3v) is 5.78. The lowest BCUT2D eigenvalue weighted by Crippen LogP contribution is -2.73. The number of fused-ring (bicyclic) bond motifs is 1. The summed E-state index contributed by atoms with van der Waals surface area (Å²) in [7, 11) is 3.29. The van der Waals surface area contributed by atoms with E-state index in [9.17, 15) is 9.59 Å². The lowest BCUT2D eigenvalue weighted by atomic mass is 9.97. The highest BCUT2D eigenvalue weighted by molar-refractivity contribution is 8.00. The molecule has 2 heterocycles. The van der Waals surface area contributed by atoms with Crippen molar-refractivity contribution in [2.24, 2.45) is 5.92 Å². The Hall–Kier alpha value is -1.83. The normalized spacial score (nSPS) is 30.0. The van der Waals surface area contributed by atoms with Gasteiger partial charge >= 0.3 is 6.03 Å². The quantitative estimate of drug-likeness (QED) is 0.857. The maximum absolute atomic E-state index is 12.7. The topological polar surface area (TPSA) is 64.7 Å². The Balaban J connectivity index is 1.68. The first-order valence-corrected chi connectivity index (χ1v) is 9.43. The maximum atomic E-state index is 12.7. The van der Waals surface area contributed by atoms with Crippen molar-refractivity contribution in [1.82, 2.24) is 20.4 Å². The summed E-state index contributed by atoms with van der Waals surface area (Å²) in [6.07, 6.45) is 3.95. The highest BCUT2D eigenvalue weighted by Crippen LogP contribution is 2.31. The summed E-state index contributed by atoms with van der Waals surface area (Å²) < 4.78 is 0. The van der Waals surface area contributed by atoms with Crippen LogP contribution in [0.2, 0.25) is 0 Å². The second-order valence-electron chi connectivity index (χ2n) is 6.38. The fourth-order valence-corrected chi connectivity index (χ4v) is 4.46. The van der Waals surface area contributed by atoms with Gasteiger partial charge in [0.2, 0.25) is 5.91 Å². The molecule has 7 heteroatoms. The molecule has 4 atom stereocenters. The maximum Gasteiger partial charge on any atom is 0.327 e. The van der Waals surface area contributed by atoms with Gasteiger partial charge in [-0.3, -0.25) is 20.3 Å². The smallest absolute Gasteiger partial charge is 0.311 e. The number of rotatable bonds is 4. The Morgan fingerprint density at radius 2 is 1.88 bits per heavy atom. The molecule has 0 bridgehead atoms. The van der Waals surface area contributed by atoms with Crippen LogP contribution in [0.1, 0.15) is 12.5 Å². The zero-order valence-electron chi connectivity index (χ0n) is 14.7. The van der Waals surface area contributed by atoms with Crippen molar-refractivity contribution in [3.05, 3.63) is 42.0 Å². The number of nitrogens with one attached hydrogen (secondary N) is 2. The van der Waals surface area contributed by atoms with Crippen molar-refractivity contribution in [3.8, 4) is 0 Å². The second-order valence-corrected chi connectivity index (χ2v) is 7.56. The molecule has 0 aromatic heterocycles. The predicted molar refractivity (Wildman–Crippen MR) is 101 cm³/mol. The molecule has 4 unspecified atom stereocenters. The minimum atomic E-state index is -0.306. The van der Waals surface area contributed by atoms with Crippen LogP contribution in [0.3, 0.4) is 0 Å². The number of hydrogen-bond acceptors (Lipinski definition) is 5. The predicted octanol–water partition coefficient (Wildman–Crippen LogP) is 1.76. The fourth-order valence-electron chi connectivity index (χ4n) is 3.27. The van der Waals surface area contributed by atoms with Crippen LogP contribution in [0.5, 0.6) is 0 Å². The zero-order valence-corrected chi connectivity index (χ0v) is 15.5. The van der Waals surface area contributed by atoms with Crippen molar-refractivity contribution in [2.75, 3.05) is 19.8 Å². The van der Waals surface area contributed by atoms with E-state index in [1.54, 1.807) is 30.8 Å².